The molecule has 0 spiro atoms. The molecule has 0 saturated carbocycles. The Morgan fingerprint density at radius 3 is 2.17 bits per heavy atom. The average Bonchev–Trinajstić information content (AvgIpc) is 3.24. The van der Waals surface area contributed by atoms with E-state index in [0.29, 0.717) is 11.4 Å². The highest BCUT2D eigenvalue weighted by atomic mass is 16.5. The van der Waals surface area contributed by atoms with E-state index in [1.807, 2.05) is 66.7 Å². The zero-order valence-corrected chi connectivity index (χ0v) is 17.5. The van der Waals surface area contributed by atoms with Crippen molar-refractivity contribution in [3.63, 3.8) is 0 Å². The maximum atomic E-state index is 11.1. The van der Waals surface area contributed by atoms with Crippen molar-refractivity contribution in [2.75, 3.05) is 7.11 Å². The molecule has 0 aliphatic carbocycles. The molecule has 0 radical (unpaired) electrons. The quantitative estimate of drug-likeness (QED) is 0.449. The van der Waals surface area contributed by atoms with E-state index in [1.54, 1.807) is 7.11 Å². The smallest absolute Gasteiger partial charge is 0.262 e. The number of hydrogen-bond acceptors (Lipinski definition) is 5. The Bertz CT molecular complexity index is 1160. The highest BCUT2D eigenvalue weighted by Gasteiger charge is 2.23. The number of ether oxygens (including phenoxy) is 1. The largest absolute Gasteiger partial charge is 0.506 e. The first-order valence-electron chi connectivity index (χ1n) is 9.78. The van der Waals surface area contributed by atoms with Crippen LogP contribution in [0.3, 0.4) is 0 Å². The van der Waals surface area contributed by atoms with Crippen LogP contribution in [-0.2, 0) is 5.41 Å². The van der Waals surface area contributed by atoms with Crippen LogP contribution < -0.4 is 4.74 Å². The molecular formula is C25H24N2O3. The summed E-state index contributed by atoms with van der Waals surface area (Å²) in [6, 6.07) is 21.2. The predicted octanol–water partition coefficient (Wildman–Crippen LogP) is 6.08. The molecule has 5 nitrogen and oxygen atoms in total. The third-order valence-corrected chi connectivity index (χ3v) is 5.07. The molecule has 0 aliphatic rings. The molecule has 1 N–H and O–H groups in total. The molecule has 152 valence electrons. The Kier molecular flexibility index (Phi) is 5.04. The molecule has 4 aromatic rings. The van der Waals surface area contributed by atoms with E-state index < -0.39 is 0 Å². The number of aromatic nitrogens is 2. The Labute approximate surface area is 176 Å². The molecule has 5 heteroatoms. The zero-order valence-electron chi connectivity index (χ0n) is 17.5. The van der Waals surface area contributed by atoms with Crippen LogP contribution in [0.15, 0.2) is 71.3 Å². The maximum absolute atomic E-state index is 11.1. The molecule has 1 heterocycles. The number of nitrogens with zero attached hydrogens (tertiary/aromatic N) is 2. The van der Waals surface area contributed by atoms with Crippen LogP contribution in [0.2, 0.25) is 0 Å². The van der Waals surface area contributed by atoms with Crippen LogP contribution in [0.4, 0.5) is 0 Å². The number of benzene rings is 3. The Morgan fingerprint density at radius 2 is 1.53 bits per heavy atom. The Morgan fingerprint density at radius 1 is 0.867 bits per heavy atom. The van der Waals surface area contributed by atoms with Gasteiger partial charge < -0.3 is 14.4 Å². The topological polar surface area (TPSA) is 68.4 Å². The SMILES string of the molecule is COc1ccc(-c2noc(-c3cc(C(C)(C)C)cc(-c4ccccc4)c3O)n2)cc1. The lowest BCUT2D eigenvalue weighted by atomic mass is 9.83. The van der Waals surface area contributed by atoms with Gasteiger partial charge in [0.05, 0.1) is 12.7 Å². The third-order valence-electron chi connectivity index (χ3n) is 5.07. The molecule has 0 atom stereocenters. The van der Waals surface area contributed by atoms with Crippen LogP contribution in [0.5, 0.6) is 11.5 Å². The lowest BCUT2D eigenvalue weighted by molar-refractivity contribution is 0.414. The fourth-order valence-corrected chi connectivity index (χ4v) is 3.26. The maximum Gasteiger partial charge on any atom is 0.262 e. The lowest BCUT2D eigenvalue weighted by Crippen LogP contribution is -2.11. The molecule has 0 amide bonds. The number of phenolic OH excluding ortho intramolecular Hbond substituents is 1. The summed E-state index contributed by atoms with van der Waals surface area (Å²) in [5, 5.41) is 15.2. The first-order chi connectivity index (χ1) is 14.4. The first kappa shape index (κ1) is 19.7. The Hall–Kier alpha value is -3.60. The van der Waals surface area contributed by atoms with Crippen molar-refractivity contribution in [2.45, 2.75) is 26.2 Å². The second kappa shape index (κ2) is 7.67. The first-order valence-corrected chi connectivity index (χ1v) is 9.78. The van der Waals surface area contributed by atoms with Gasteiger partial charge in [0.25, 0.3) is 5.89 Å². The van der Waals surface area contributed by atoms with Crippen molar-refractivity contribution in [2.24, 2.45) is 0 Å². The molecule has 0 saturated heterocycles. The third kappa shape index (κ3) is 3.79. The van der Waals surface area contributed by atoms with Crippen molar-refractivity contribution in [1.82, 2.24) is 10.1 Å². The second-order valence-electron chi connectivity index (χ2n) is 8.19. The number of methoxy groups -OCH3 is 1. The summed E-state index contributed by atoms with van der Waals surface area (Å²) in [6.07, 6.45) is 0. The van der Waals surface area contributed by atoms with E-state index in [0.717, 1.165) is 28.0 Å². The Balaban J connectivity index is 1.83. The summed E-state index contributed by atoms with van der Waals surface area (Å²) in [4.78, 5) is 4.55. The summed E-state index contributed by atoms with van der Waals surface area (Å²) in [5.74, 6) is 1.61. The number of aromatic hydroxyl groups is 1. The van der Waals surface area contributed by atoms with E-state index in [2.05, 4.69) is 30.9 Å². The molecule has 0 fully saturated rings. The highest BCUT2D eigenvalue weighted by molar-refractivity contribution is 5.81. The lowest BCUT2D eigenvalue weighted by Gasteiger charge is -2.22. The summed E-state index contributed by atoms with van der Waals surface area (Å²) in [6.45, 7) is 6.40. The minimum Gasteiger partial charge on any atom is -0.506 e. The van der Waals surface area contributed by atoms with Gasteiger partial charge in [0.1, 0.15) is 11.5 Å². The minimum absolute atomic E-state index is 0.120. The van der Waals surface area contributed by atoms with Crippen LogP contribution in [-0.4, -0.2) is 22.4 Å². The van der Waals surface area contributed by atoms with Gasteiger partial charge in [-0.05, 0) is 52.9 Å². The summed E-state index contributed by atoms with van der Waals surface area (Å²) in [5.41, 5.74) is 3.94. The van der Waals surface area contributed by atoms with Crippen molar-refractivity contribution < 1.29 is 14.4 Å². The van der Waals surface area contributed by atoms with Gasteiger partial charge in [0.2, 0.25) is 5.82 Å². The number of hydrogen-bond donors (Lipinski definition) is 1. The molecule has 0 unspecified atom stereocenters. The van der Waals surface area contributed by atoms with Gasteiger partial charge in [-0.1, -0.05) is 56.3 Å². The minimum atomic E-state index is -0.120. The average molecular weight is 400 g/mol. The summed E-state index contributed by atoms with van der Waals surface area (Å²) in [7, 11) is 1.62. The summed E-state index contributed by atoms with van der Waals surface area (Å²) < 4.78 is 10.7. The van der Waals surface area contributed by atoms with Crippen molar-refractivity contribution >= 4 is 0 Å². The van der Waals surface area contributed by atoms with Gasteiger partial charge in [-0.15, -0.1) is 0 Å². The van der Waals surface area contributed by atoms with Crippen molar-refractivity contribution in [3.8, 4) is 45.5 Å². The van der Waals surface area contributed by atoms with Gasteiger partial charge >= 0.3 is 0 Å². The van der Waals surface area contributed by atoms with E-state index in [9.17, 15) is 5.11 Å². The van der Waals surface area contributed by atoms with E-state index >= 15 is 0 Å². The number of rotatable bonds is 4. The van der Waals surface area contributed by atoms with Crippen molar-refractivity contribution in [3.05, 3.63) is 72.3 Å². The normalized spacial score (nSPS) is 11.5. The molecular weight excluding hydrogens is 376 g/mol. The molecule has 0 aliphatic heterocycles. The standard InChI is InChI=1S/C25H24N2O3/c1-25(2,3)18-14-20(16-8-6-5-7-9-16)22(28)21(15-18)24-26-23(27-30-24)17-10-12-19(29-4)13-11-17/h5-15,28H,1-4H3. The van der Waals surface area contributed by atoms with Crippen LogP contribution in [0.25, 0.3) is 34.0 Å². The molecule has 1 aromatic heterocycles. The van der Waals surface area contributed by atoms with Gasteiger partial charge in [-0.25, -0.2) is 0 Å². The molecule has 4 rings (SSSR count). The predicted molar refractivity (Wildman–Crippen MR) is 118 cm³/mol. The van der Waals surface area contributed by atoms with E-state index in [1.165, 1.54) is 0 Å². The van der Waals surface area contributed by atoms with E-state index in [4.69, 9.17) is 9.26 Å². The molecule has 30 heavy (non-hydrogen) atoms. The van der Waals surface area contributed by atoms with Crippen LogP contribution in [0.1, 0.15) is 26.3 Å². The zero-order chi connectivity index (χ0) is 21.3. The van der Waals surface area contributed by atoms with Gasteiger partial charge in [-0.3, -0.25) is 0 Å². The molecule has 3 aromatic carbocycles. The fourth-order valence-electron chi connectivity index (χ4n) is 3.26. The van der Waals surface area contributed by atoms with Gasteiger partial charge in [0, 0.05) is 11.1 Å². The fraction of sp³-hybridized carbons (Fsp3) is 0.200. The van der Waals surface area contributed by atoms with E-state index in [-0.39, 0.29) is 17.1 Å². The second-order valence-corrected chi connectivity index (χ2v) is 8.19. The monoisotopic (exact) mass is 400 g/mol. The summed E-state index contributed by atoms with van der Waals surface area (Å²) >= 11 is 0. The number of phenols is 1. The van der Waals surface area contributed by atoms with Crippen LogP contribution >= 0.6 is 0 Å². The molecule has 0 bridgehead atoms. The highest BCUT2D eigenvalue weighted by Crippen LogP contribution is 2.41. The van der Waals surface area contributed by atoms with Gasteiger partial charge in [0.15, 0.2) is 0 Å². The van der Waals surface area contributed by atoms with Gasteiger partial charge in [-0.2, -0.15) is 4.98 Å². The van der Waals surface area contributed by atoms with Crippen molar-refractivity contribution in [1.29, 1.82) is 0 Å². The van der Waals surface area contributed by atoms with Crippen LogP contribution in [0, 0.1) is 0 Å².